The average Bonchev–Trinajstić information content (AvgIpc) is 3.20. The number of carbonyl (C=O) groups excluding carboxylic acids is 2. The smallest absolute Gasteiger partial charge is 0.410 e. The van der Waals surface area contributed by atoms with Crippen LogP contribution in [0.15, 0.2) is 78.9 Å². The van der Waals surface area contributed by atoms with Crippen molar-refractivity contribution in [2.75, 3.05) is 6.26 Å². The van der Waals surface area contributed by atoms with Crippen LogP contribution >= 0.6 is 0 Å². The van der Waals surface area contributed by atoms with Crippen LogP contribution in [0.2, 0.25) is 0 Å². The Balaban J connectivity index is 1.56. The van der Waals surface area contributed by atoms with E-state index in [4.69, 9.17) is 4.74 Å². The van der Waals surface area contributed by atoms with Gasteiger partial charge in [-0.25, -0.2) is 17.9 Å². The fourth-order valence-corrected chi connectivity index (χ4v) is 5.50. The molecule has 3 aromatic carbocycles. The molecule has 1 aliphatic carbocycles. The molecule has 0 bridgehead atoms. The highest BCUT2D eigenvalue weighted by Crippen LogP contribution is 2.33. The predicted octanol–water partition coefficient (Wildman–Crippen LogP) is 5.38. The highest BCUT2D eigenvalue weighted by molar-refractivity contribution is 7.89. The first kappa shape index (κ1) is 27.5. The summed E-state index contributed by atoms with van der Waals surface area (Å²) in [6, 6.07) is 25.0. The summed E-state index contributed by atoms with van der Waals surface area (Å²) in [6.45, 7) is 2.62. The van der Waals surface area contributed by atoms with Gasteiger partial charge in [0.25, 0.3) is 5.91 Å². The summed E-state index contributed by atoms with van der Waals surface area (Å²) in [5.74, 6) is -0.730. The molecule has 1 saturated carbocycles. The quantitative estimate of drug-likeness (QED) is 0.297. The number of amides is 2. The molecule has 1 aliphatic rings. The summed E-state index contributed by atoms with van der Waals surface area (Å²) in [5.41, 5.74) is 4.54. The molecule has 0 aliphatic heterocycles. The number of rotatable bonds is 9. The number of nitrogens with zero attached hydrogens (tertiary/aromatic N) is 2. The Hall–Kier alpha value is -4.11. The summed E-state index contributed by atoms with van der Waals surface area (Å²) in [5, 5.41) is 0.786. The van der Waals surface area contributed by atoms with Crippen molar-refractivity contribution in [2.24, 2.45) is 0 Å². The van der Waals surface area contributed by atoms with Crippen molar-refractivity contribution in [1.29, 1.82) is 0 Å². The molecule has 0 spiro atoms. The molecular weight excluding hydrogens is 526 g/mol. The number of ether oxygens (including phenoxy) is 1. The lowest BCUT2D eigenvalue weighted by atomic mass is 9.91. The van der Waals surface area contributed by atoms with E-state index in [0.29, 0.717) is 12.1 Å². The lowest BCUT2D eigenvalue weighted by Gasteiger charge is -2.37. The summed E-state index contributed by atoms with van der Waals surface area (Å²) < 4.78 is 34.0. The average molecular weight is 560 g/mol. The van der Waals surface area contributed by atoms with Gasteiger partial charge in [0, 0.05) is 29.1 Å². The van der Waals surface area contributed by atoms with Gasteiger partial charge >= 0.3 is 6.09 Å². The summed E-state index contributed by atoms with van der Waals surface area (Å²) in [6.07, 6.45) is 3.18. The fraction of sp³-hybridized carbons (Fsp3) is 0.290. The molecule has 2 amide bonds. The molecule has 40 heavy (non-hydrogen) atoms. The van der Waals surface area contributed by atoms with Crippen LogP contribution in [0.3, 0.4) is 0 Å². The zero-order valence-corrected chi connectivity index (χ0v) is 23.5. The molecule has 0 radical (unpaired) electrons. The van der Waals surface area contributed by atoms with Gasteiger partial charge in [0.05, 0.1) is 12.8 Å². The van der Waals surface area contributed by atoms with E-state index < -0.39 is 22.0 Å². The van der Waals surface area contributed by atoms with Crippen LogP contribution < -0.4 is 4.72 Å². The standard InChI is InChI=1S/C31H33N3O5S/c1-22-15-17-23(18-16-22)19-34-28-14-7-6-13-26(28)27(29(34)30(35)32-40(2,37)38)20-33(25-11-8-12-25)31(36)39-21-24-9-4-3-5-10-24/h3-7,9-10,13-18,25H,8,11-12,19-21H2,1-2H3,(H,32,35). The largest absolute Gasteiger partial charge is 0.445 e. The Morgan fingerprint density at radius 3 is 2.27 bits per heavy atom. The van der Waals surface area contributed by atoms with E-state index in [9.17, 15) is 18.0 Å². The topological polar surface area (TPSA) is 97.7 Å². The lowest BCUT2D eigenvalue weighted by molar-refractivity contribution is 0.0582. The van der Waals surface area contributed by atoms with Crippen LogP contribution in [-0.4, -0.2) is 42.2 Å². The van der Waals surface area contributed by atoms with Gasteiger partial charge in [-0.3, -0.25) is 4.79 Å². The van der Waals surface area contributed by atoms with Crippen LogP contribution in [0.5, 0.6) is 0 Å². The van der Waals surface area contributed by atoms with E-state index in [0.717, 1.165) is 53.1 Å². The Morgan fingerprint density at radius 2 is 1.62 bits per heavy atom. The second kappa shape index (κ2) is 11.6. The van der Waals surface area contributed by atoms with Crippen LogP contribution in [0, 0.1) is 6.92 Å². The van der Waals surface area contributed by atoms with E-state index >= 15 is 0 Å². The number of benzene rings is 3. The van der Waals surface area contributed by atoms with E-state index in [-0.39, 0.29) is 24.9 Å². The normalized spacial score (nSPS) is 13.6. The van der Waals surface area contributed by atoms with E-state index in [1.807, 2.05) is 90.4 Å². The van der Waals surface area contributed by atoms with Crippen molar-refractivity contribution >= 4 is 32.9 Å². The number of para-hydroxylation sites is 1. The van der Waals surface area contributed by atoms with Crippen LogP contribution in [0.1, 0.15) is 52.0 Å². The van der Waals surface area contributed by atoms with Gasteiger partial charge in [0.1, 0.15) is 12.3 Å². The highest BCUT2D eigenvalue weighted by Gasteiger charge is 2.33. The van der Waals surface area contributed by atoms with Crippen molar-refractivity contribution in [3.63, 3.8) is 0 Å². The van der Waals surface area contributed by atoms with Crippen LogP contribution in [0.25, 0.3) is 10.9 Å². The van der Waals surface area contributed by atoms with Gasteiger partial charge in [-0.05, 0) is 43.4 Å². The van der Waals surface area contributed by atoms with E-state index in [1.165, 1.54) is 0 Å². The summed E-state index contributed by atoms with van der Waals surface area (Å²) >= 11 is 0. The first-order valence-corrected chi connectivity index (χ1v) is 15.2. The number of fused-ring (bicyclic) bond motifs is 1. The Labute approximate surface area is 234 Å². The zero-order valence-electron chi connectivity index (χ0n) is 22.7. The molecule has 0 atom stereocenters. The molecule has 9 heteroatoms. The van der Waals surface area contributed by atoms with Crippen molar-refractivity contribution in [3.05, 3.63) is 107 Å². The van der Waals surface area contributed by atoms with Gasteiger partial charge < -0.3 is 14.2 Å². The Bertz CT molecular complexity index is 1630. The number of aromatic nitrogens is 1. The van der Waals surface area contributed by atoms with Crippen LogP contribution in [0.4, 0.5) is 4.79 Å². The number of sulfonamides is 1. The van der Waals surface area contributed by atoms with Crippen LogP contribution in [-0.2, 0) is 34.5 Å². The van der Waals surface area contributed by atoms with E-state index in [2.05, 4.69) is 4.72 Å². The van der Waals surface area contributed by atoms with Crippen molar-refractivity contribution in [3.8, 4) is 0 Å². The maximum absolute atomic E-state index is 13.6. The maximum atomic E-state index is 13.6. The van der Waals surface area contributed by atoms with Gasteiger partial charge in [0.2, 0.25) is 10.0 Å². The minimum Gasteiger partial charge on any atom is -0.445 e. The fourth-order valence-electron chi connectivity index (χ4n) is 5.07. The van der Waals surface area contributed by atoms with Crippen molar-refractivity contribution in [1.82, 2.24) is 14.2 Å². The number of hydrogen-bond acceptors (Lipinski definition) is 5. The Kier molecular flexibility index (Phi) is 7.93. The second-order valence-electron chi connectivity index (χ2n) is 10.4. The molecule has 4 aromatic rings. The van der Waals surface area contributed by atoms with E-state index in [1.54, 1.807) is 4.90 Å². The molecule has 8 nitrogen and oxygen atoms in total. The molecule has 1 fully saturated rings. The summed E-state index contributed by atoms with van der Waals surface area (Å²) in [7, 11) is -3.83. The Morgan fingerprint density at radius 1 is 0.950 bits per heavy atom. The molecule has 208 valence electrons. The first-order chi connectivity index (χ1) is 19.2. The summed E-state index contributed by atoms with van der Waals surface area (Å²) in [4.78, 5) is 28.7. The first-order valence-electron chi connectivity index (χ1n) is 13.3. The number of aryl methyl sites for hydroxylation is 1. The molecule has 1 heterocycles. The van der Waals surface area contributed by atoms with Gasteiger partial charge in [-0.1, -0.05) is 78.4 Å². The third-order valence-electron chi connectivity index (χ3n) is 7.31. The minimum atomic E-state index is -3.83. The van der Waals surface area contributed by atoms with Crippen molar-refractivity contribution in [2.45, 2.75) is 51.9 Å². The molecule has 1 aromatic heterocycles. The van der Waals surface area contributed by atoms with Gasteiger partial charge in [0.15, 0.2) is 0 Å². The van der Waals surface area contributed by atoms with Crippen molar-refractivity contribution < 1.29 is 22.7 Å². The minimum absolute atomic E-state index is 0.0201. The van der Waals surface area contributed by atoms with Gasteiger partial charge in [-0.15, -0.1) is 0 Å². The molecule has 1 N–H and O–H groups in total. The monoisotopic (exact) mass is 559 g/mol. The molecule has 0 unspecified atom stereocenters. The molecular formula is C31H33N3O5S. The maximum Gasteiger partial charge on any atom is 0.410 e. The van der Waals surface area contributed by atoms with Gasteiger partial charge in [-0.2, -0.15) is 0 Å². The third-order valence-corrected chi connectivity index (χ3v) is 7.87. The molecule has 0 saturated heterocycles. The third kappa shape index (κ3) is 6.20. The number of nitrogens with one attached hydrogen (secondary N) is 1. The predicted molar refractivity (Wildman–Crippen MR) is 154 cm³/mol. The lowest BCUT2D eigenvalue weighted by Crippen LogP contribution is -2.44. The zero-order chi connectivity index (χ0) is 28.3. The highest BCUT2D eigenvalue weighted by atomic mass is 32.2. The number of hydrogen-bond donors (Lipinski definition) is 1. The number of carbonyl (C=O) groups is 2. The molecule has 5 rings (SSSR count). The SMILES string of the molecule is Cc1ccc(Cn2c(C(=O)NS(C)(=O)=O)c(CN(C(=O)OCc3ccccc3)C3CCC3)c3ccccc32)cc1. The second-order valence-corrected chi connectivity index (χ2v) is 12.1.